The number of carbonyl (C=O) groups is 1. The Kier molecular flexibility index (Phi) is 6.46. The first-order valence-electron chi connectivity index (χ1n) is 10.2. The Morgan fingerprint density at radius 1 is 1.15 bits per heavy atom. The molecular formula is C22H22N6O4S2. The van der Waals surface area contributed by atoms with Crippen molar-refractivity contribution in [1.82, 2.24) is 19.9 Å². The van der Waals surface area contributed by atoms with Gasteiger partial charge in [-0.3, -0.25) is 14.3 Å². The molecule has 4 aromatic rings. The summed E-state index contributed by atoms with van der Waals surface area (Å²) < 4.78 is 27.5. The fourth-order valence-electron chi connectivity index (χ4n) is 3.30. The molecule has 34 heavy (non-hydrogen) atoms. The summed E-state index contributed by atoms with van der Waals surface area (Å²) in [5, 5.41) is 3.14. The van der Waals surface area contributed by atoms with Gasteiger partial charge in [-0.2, -0.15) is 0 Å². The molecule has 0 bridgehead atoms. The zero-order valence-electron chi connectivity index (χ0n) is 18.6. The molecule has 0 spiro atoms. The third-order valence-electron chi connectivity index (χ3n) is 4.85. The lowest BCUT2D eigenvalue weighted by atomic mass is 10.2. The third kappa shape index (κ3) is 4.98. The van der Waals surface area contributed by atoms with Crippen molar-refractivity contribution in [2.75, 3.05) is 24.1 Å². The van der Waals surface area contributed by atoms with Crippen LogP contribution >= 0.6 is 11.3 Å². The van der Waals surface area contributed by atoms with E-state index >= 15 is 0 Å². The predicted molar refractivity (Wildman–Crippen MR) is 132 cm³/mol. The minimum Gasteiger partial charge on any atom is -0.321 e. The lowest BCUT2D eigenvalue weighted by Gasteiger charge is -2.09. The Hall–Kier alpha value is -3.61. The summed E-state index contributed by atoms with van der Waals surface area (Å²) in [6.07, 6.45) is 1.49. The molecule has 0 atom stereocenters. The number of nitrogens with one attached hydrogen (secondary N) is 3. The van der Waals surface area contributed by atoms with Gasteiger partial charge in [-0.15, -0.1) is 11.3 Å². The number of carbonyl (C=O) groups excluding carboxylic acids is 1. The lowest BCUT2D eigenvalue weighted by molar-refractivity contribution is 0.103. The van der Waals surface area contributed by atoms with E-state index in [1.807, 2.05) is 19.0 Å². The summed E-state index contributed by atoms with van der Waals surface area (Å²) in [5.41, 5.74) is 0.667. The Balaban J connectivity index is 1.54. The van der Waals surface area contributed by atoms with Gasteiger partial charge < -0.3 is 15.2 Å². The largest absolute Gasteiger partial charge is 0.321 e. The Labute approximate surface area is 199 Å². The minimum atomic E-state index is -3.83. The molecule has 4 rings (SSSR count). The van der Waals surface area contributed by atoms with Crippen LogP contribution in [0.2, 0.25) is 0 Å². The van der Waals surface area contributed by atoms with Crippen molar-refractivity contribution in [3.63, 3.8) is 0 Å². The molecule has 12 heteroatoms. The molecule has 1 amide bonds. The van der Waals surface area contributed by atoms with Gasteiger partial charge in [-0.25, -0.2) is 18.4 Å². The normalized spacial score (nSPS) is 11.6. The topological polar surface area (TPSA) is 137 Å². The summed E-state index contributed by atoms with van der Waals surface area (Å²) in [6.45, 7) is 2.17. The third-order valence-corrected chi connectivity index (χ3v) is 7.40. The fourth-order valence-corrected chi connectivity index (χ4v) is 5.41. The Morgan fingerprint density at radius 3 is 2.53 bits per heavy atom. The number of aryl methyl sites for hydroxylation is 1. The van der Waals surface area contributed by atoms with Crippen LogP contribution < -0.4 is 15.6 Å². The van der Waals surface area contributed by atoms with Gasteiger partial charge in [0.1, 0.15) is 16.5 Å². The van der Waals surface area contributed by atoms with E-state index in [4.69, 9.17) is 0 Å². The van der Waals surface area contributed by atoms with Crippen LogP contribution in [0.25, 0.3) is 10.2 Å². The highest BCUT2D eigenvalue weighted by molar-refractivity contribution is 7.92. The highest BCUT2D eigenvalue weighted by Gasteiger charge is 2.20. The molecule has 176 valence electrons. The molecule has 3 heterocycles. The van der Waals surface area contributed by atoms with Gasteiger partial charge in [-0.1, -0.05) is 6.07 Å². The van der Waals surface area contributed by atoms with Gasteiger partial charge in [0.15, 0.2) is 0 Å². The maximum absolute atomic E-state index is 12.9. The number of fused-ring (bicyclic) bond motifs is 1. The molecule has 0 radical (unpaired) electrons. The van der Waals surface area contributed by atoms with Crippen molar-refractivity contribution in [2.24, 2.45) is 0 Å². The van der Waals surface area contributed by atoms with E-state index in [2.05, 4.69) is 25.0 Å². The second-order valence-electron chi connectivity index (χ2n) is 7.79. The van der Waals surface area contributed by atoms with E-state index in [0.29, 0.717) is 38.7 Å². The summed E-state index contributed by atoms with van der Waals surface area (Å²) in [5.74, 6) is 0.320. The molecule has 0 unspecified atom stereocenters. The first-order valence-corrected chi connectivity index (χ1v) is 12.5. The second-order valence-corrected chi connectivity index (χ2v) is 10.5. The van der Waals surface area contributed by atoms with E-state index in [1.165, 1.54) is 30.5 Å². The van der Waals surface area contributed by atoms with Crippen LogP contribution in [0.3, 0.4) is 0 Å². The van der Waals surface area contributed by atoms with Crippen LogP contribution in [0.4, 0.5) is 11.5 Å². The fraction of sp³-hybridized carbons (Fsp3) is 0.182. The van der Waals surface area contributed by atoms with Crippen LogP contribution in [-0.4, -0.2) is 48.3 Å². The second kappa shape index (κ2) is 9.33. The minimum absolute atomic E-state index is 0.0263. The van der Waals surface area contributed by atoms with Crippen molar-refractivity contribution in [2.45, 2.75) is 18.4 Å². The average Bonchev–Trinajstić information content (AvgIpc) is 3.11. The van der Waals surface area contributed by atoms with Gasteiger partial charge in [0, 0.05) is 11.9 Å². The molecule has 1 aromatic carbocycles. The number of nitrogens with zero attached hydrogens (tertiary/aromatic N) is 3. The van der Waals surface area contributed by atoms with E-state index in [0.717, 1.165) is 11.3 Å². The van der Waals surface area contributed by atoms with Crippen LogP contribution in [0, 0.1) is 6.92 Å². The summed E-state index contributed by atoms with van der Waals surface area (Å²) in [7, 11) is -0.0876. The molecule has 0 saturated heterocycles. The number of anilines is 2. The quantitative estimate of drug-likeness (QED) is 0.356. The number of benzene rings is 1. The van der Waals surface area contributed by atoms with Gasteiger partial charge in [0.05, 0.1) is 21.7 Å². The summed E-state index contributed by atoms with van der Waals surface area (Å²) >= 11 is 1.14. The van der Waals surface area contributed by atoms with E-state index in [9.17, 15) is 18.0 Å². The molecule has 0 aliphatic rings. The molecular weight excluding hydrogens is 476 g/mol. The van der Waals surface area contributed by atoms with Crippen molar-refractivity contribution >= 4 is 49.0 Å². The Morgan fingerprint density at radius 2 is 1.88 bits per heavy atom. The molecule has 10 nitrogen and oxygen atoms in total. The SMILES string of the molecule is Cc1c(C(=O)Nc2ccc(S(=O)(=O)Nc3ccccn3)cc2)sc2nc(CN(C)C)[nH]c(=O)c12. The predicted octanol–water partition coefficient (Wildman–Crippen LogP) is 2.80. The molecule has 0 aliphatic heterocycles. The van der Waals surface area contributed by atoms with Gasteiger partial charge >= 0.3 is 0 Å². The highest BCUT2D eigenvalue weighted by atomic mass is 32.2. The lowest BCUT2D eigenvalue weighted by Crippen LogP contribution is -2.18. The standard InChI is InChI=1S/C22H22N6O4S2/c1-13-18-20(29)25-17(12-28(2)3)26-22(18)33-19(13)21(30)24-14-7-9-15(10-8-14)34(31,32)27-16-6-4-5-11-23-16/h4-11H,12H2,1-3H3,(H,23,27)(H,24,30)(H,25,26,29). The molecule has 0 aliphatic carbocycles. The van der Waals surface area contributed by atoms with Gasteiger partial charge in [0.25, 0.3) is 21.5 Å². The number of rotatable bonds is 7. The van der Waals surface area contributed by atoms with Crippen molar-refractivity contribution in [3.8, 4) is 0 Å². The number of hydrogen-bond donors (Lipinski definition) is 3. The number of pyridine rings is 1. The van der Waals surface area contributed by atoms with Crippen molar-refractivity contribution in [3.05, 3.63) is 75.3 Å². The number of aromatic amines is 1. The smallest absolute Gasteiger partial charge is 0.266 e. The van der Waals surface area contributed by atoms with Crippen molar-refractivity contribution < 1.29 is 13.2 Å². The van der Waals surface area contributed by atoms with Gasteiger partial charge in [-0.05, 0) is 63.0 Å². The number of aromatic nitrogens is 3. The number of H-pyrrole nitrogens is 1. The monoisotopic (exact) mass is 498 g/mol. The highest BCUT2D eigenvalue weighted by Crippen LogP contribution is 2.28. The molecule has 0 fully saturated rings. The van der Waals surface area contributed by atoms with Crippen LogP contribution in [0.15, 0.2) is 58.4 Å². The van der Waals surface area contributed by atoms with E-state index in [-0.39, 0.29) is 16.3 Å². The first kappa shape index (κ1) is 23.5. The average molecular weight is 499 g/mol. The van der Waals surface area contributed by atoms with E-state index < -0.39 is 15.9 Å². The van der Waals surface area contributed by atoms with Crippen molar-refractivity contribution in [1.29, 1.82) is 0 Å². The molecule has 3 N–H and O–H groups in total. The number of hydrogen-bond acceptors (Lipinski definition) is 8. The summed E-state index contributed by atoms with van der Waals surface area (Å²) in [6, 6.07) is 10.7. The van der Waals surface area contributed by atoms with Crippen LogP contribution in [0.1, 0.15) is 21.1 Å². The summed E-state index contributed by atoms with van der Waals surface area (Å²) in [4.78, 5) is 39.4. The molecule has 3 aromatic heterocycles. The Bertz CT molecular complexity index is 1510. The zero-order chi connectivity index (χ0) is 24.5. The number of sulfonamides is 1. The van der Waals surface area contributed by atoms with Gasteiger partial charge in [0.2, 0.25) is 0 Å². The van der Waals surface area contributed by atoms with Crippen LogP contribution in [-0.2, 0) is 16.6 Å². The number of amides is 1. The molecule has 0 saturated carbocycles. The number of thiophene rings is 1. The first-order chi connectivity index (χ1) is 16.1. The van der Waals surface area contributed by atoms with E-state index in [1.54, 1.807) is 25.1 Å². The maximum Gasteiger partial charge on any atom is 0.266 e. The van der Waals surface area contributed by atoms with Crippen LogP contribution in [0.5, 0.6) is 0 Å². The maximum atomic E-state index is 12.9. The zero-order valence-corrected chi connectivity index (χ0v) is 20.3.